The predicted octanol–water partition coefficient (Wildman–Crippen LogP) is 2.23. The first-order valence-electron chi connectivity index (χ1n) is 6.62. The minimum Gasteiger partial charge on any atom is -0.481 e. The Balaban J connectivity index is 2.36. The Bertz CT molecular complexity index is 476. The summed E-state index contributed by atoms with van der Waals surface area (Å²) in [4.78, 5) is 22.3. The highest BCUT2D eigenvalue weighted by atomic mass is 19.1. The van der Waals surface area contributed by atoms with Crippen molar-refractivity contribution < 1.29 is 19.1 Å². The first-order chi connectivity index (χ1) is 9.38. The van der Waals surface area contributed by atoms with Gasteiger partial charge in [0.1, 0.15) is 5.82 Å². The van der Waals surface area contributed by atoms with Crippen molar-refractivity contribution in [2.75, 3.05) is 6.54 Å². The molecular formula is C15H20FNO3. The lowest BCUT2D eigenvalue weighted by Crippen LogP contribution is -2.32. The molecule has 0 aliphatic carbocycles. The lowest BCUT2D eigenvalue weighted by atomic mass is 9.97. The Morgan fingerprint density at radius 2 is 2.05 bits per heavy atom. The quantitative estimate of drug-likeness (QED) is 0.805. The van der Waals surface area contributed by atoms with E-state index in [9.17, 15) is 14.0 Å². The van der Waals surface area contributed by atoms with E-state index in [1.165, 1.54) is 12.1 Å². The average Bonchev–Trinajstić information content (AvgIpc) is 2.35. The molecule has 1 aromatic rings. The van der Waals surface area contributed by atoms with E-state index in [2.05, 4.69) is 5.32 Å². The number of carboxylic acids is 1. The van der Waals surface area contributed by atoms with Gasteiger partial charge in [0, 0.05) is 13.0 Å². The van der Waals surface area contributed by atoms with E-state index in [0.29, 0.717) is 12.8 Å². The molecule has 0 fully saturated rings. The predicted molar refractivity (Wildman–Crippen MR) is 73.7 cm³/mol. The molecule has 5 heteroatoms. The highest BCUT2D eigenvalue weighted by Crippen LogP contribution is 2.13. The van der Waals surface area contributed by atoms with Crippen LogP contribution in [0.5, 0.6) is 0 Å². The molecule has 1 rings (SSSR count). The lowest BCUT2D eigenvalue weighted by Gasteiger charge is -2.13. The van der Waals surface area contributed by atoms with Gasteiger partial charge in [-0.1, -0.05) is 26.0 Å². The number of carboxylic acid groups (broad SMARTS) is 1. The molecule has 0 radical (unpaired) electrons. The van der Waals surface area contributed by atoms with Gasteiger partial charge in [0.25, 0.3) is 0 Å². The first-order valence-corrected chi connectivity index (χ1v) is 6.62. The molecule has 110 valence electrons. The molecule has 0 aliphatic rings. The van der Waals surface area contributed by atoms with E-state index in [1.54, 1.807) is 13.0 Å². The molecule has 0 aromatic heterocycles. The number of benzene rings is 1. The van der Waals surface area contributed by atoms with Gasteiger partial charge in [0.2, 0.25) is 5.91 Å². The standard InChI is InChI=1S/C15H20FNO3/c1-10(6-12-4-3-5-13(16)8-12)7-14(18)17-9-11(2)15(19)20/h3-5,8,10-11H,6-7,9H2,1-2H3,(H,17,18)(H,19,20). The van der Waals surface area contributed by atoms with Crippen LogP contribution in [0, 0.1) is 17.7 Å². The zero-order chi connectivity index (χ0) is 15.1. The van der Waals surface area contributed by atoms with E-state index in [-0.39, 0.29) is 24.2 Å². The van der Waals surface area contributed by atoms with Crippen LogP contribution in [0.3, 0.4) is 0 Å². The van der Waals surface area contributed by atoms with Gasteiger partial charge in [-0.05, 0) is 30.0 Å². The van der Waals surface area contributed by atoms with Crippen LogP contribution in [0.1, 0.15) is 25.8 Å². The van der Waals surface area contributed by atoms with Crippen LogP contribution < -0.4 is 5.32 Å². The maximum absolute atomic E-state index is 13.0. The summed E-state index contributed by atoms with van der Waals surface area (Å²) >= 11 is 0. The zero-order valence-corrected chi connectivity index (χ0v) is 11.7. The first kappa shape index (κ1) is 16.1. The zero-order valence-electron chi connectivity index (χ0n) is 11.7. The maximum Gasteiger partial charge on any atom is 0.308 e. The Morgan fingerprint density at radius 3 is 2.65 bits per heavy atom. The van der Waals surface area contributed by atoms with Crippen molar-refractivity contribution in [3.63, 3.8) is 0 Å². The van der Waals surface area contributed by atoms with Crippen LogP contribution in [0.4, 0.5) is 4.39 Å². The minimum atomic E-state index is -0.932. The van der Waals surface area contributed by atoms with E-state index in [0.717, 1.165) is 5.56 Å². The molecule has 0 heterocycles. The molecule has 0 bridgehead atoms. The molecular weight excluding hydrogens is 261 g/mol. The van der Waals surface area contributed by atoms with E-state index < -0.39 is 11.9 Å². The summed E-state index contributed by atoms with van der Waals surface area (Å²) in [5.41, 5.74) is 0.851. The molecule has 0 saturated carbocycles. The third-order valence-electron chi connectivity index (χ3n) is 3.03. The number of amides is 1. The Morgan fingerprint density at radius 1 is 1.35 bits per heavy atom. The molecule has 0 aliphatic heterocycles. The third kappa shape index (κ3) is 5.82. The van der Waals surface area contributed by atoms with Gasteiger partial charge in [0.05, 0.1) is 5.92 Å². The van der Waals surface area contributed by atoms with Crippen molar-refractivity contribution in [3.05, 3.63) is 35.6 Å². The third-order valence-corrected chi connectivity index (χ3v) is 3.03. The van der Waals surface area contributed by atoms with E-state index in [1.807, 2.05) is 13.0 Å². The molecule has 0 saturated heterocycles. The van der Waals surface area contributed by atoms with Crippen molar-refractivity contribution in [3.8, 4) is 0 Å². The van der Waals surface area contributed by atoms with Gasteiger partial charge in [-0.3, -0.25) is 9.59 Å². The van der Waals surface area contributed by atoms with Gasteiger partial charge in [0.15, 0.2) is 0 Å². The number of halogens is 1. The second kappa shape index (κ2) is 7.62. The molecule has 2 unspecified atom stereocenters. The smallest absolute Gasteiger partial charge is 0.308 e. The summed E-state index contributed by atoms with van der Waals surface area (Å²) in [5, 5.41) is 11.3. The van der Waals surface area contributed by atoms with Crippen LogP contribution in [0.15, 0.2) is 24.3 Å². The van der Waals surface area contributed by atoms with Crippen molar-refractivity contribution in [1.29, 1.82) is 0 Å². The van der Waals surface area contributed by atoms with Gasteiger partial charge < -0.3 is 10.4 Å². The maximum atomic E-state index is 13.0. The molecule has 0 spiro atoms. The highest BCUT2D eigenvalue weighted by molar-refractivity contribution is 5.77. The van der Waals surface area contributed by atoms with Crippen LogP contribution >= 0.6 is 0 Å². The number of carbonyl (C=O) groups excluding carboxylic acids is 1. The molecule has 2 N–H and O–H groups in total. The van der Waals surface area contributed by atoms with E-state index in [4.69, 9.17) is 5.11 Å². The molecule has 4 nitrogen and oxygen atoms in total. The number of aliphatic carboxylic acids is 1. The lowest BCUT2D eigenvalue weighted by molar-refractivity contribution is -0.141. The van der Waals surface area contributed by atoms with E-state index >= 15 is 0 Å². The summed E-state index contributed by atoms with van der Waals surface area (Å²) in [7, 11) is 0. The van der Waals surface area contributed by atoms with Crippen LogP contribution in [-0.2, 0) is 16.0 Å². The summed E-state index contributed by atoms with van der Waals surface area (Å²) < 4.78 is 13.0. The topological polar surface area (TPSA) is 66.4 Å². The van der Waals surface area contributed by atoms with Gasteiger partial charge in [-0.15, -0.1) is 0 Å². The average molecular weight is 281 g/mol. The Labute approximate surface area is 118 Å². The molecule has 1 amide bonds. The number of nitrogens with one attached hydrogen (secondary N) is 1. The molecule has 1 aromatic carbocycles. The van der Waals surface area contributed by atoms with Gasteiger partial charge in [-0.25, -0.2) is 4.39 Å². The second-order valence-corrected chi connectivity index (χ2v) is 5.19. The van der Waals surface area contributed by atoms with Crippen LogP contribution in [0.2, 0.25) is 0 Å². The fraction of sp³-hybridized carbons (Fsp3) is 0.467. The van der Waals surface area contributed by atoms with Gasteiger partial charge >= 0.3 is 5.97 Å². The largest absolute Gasteiger partial charge is 0.481 e. The number of rotatable bonds is 7. The minimum absolute atomic E-state index is 0.0666. The van der Waals surface area contributed by atoms with Crippen LogP contribution in [-0.4, -0.2) is 23.5 Å². The Kier molecular flexibility index (Phi) is 6.15. The molecule has 2 atom stereocenters. The number of hydrogen-bond acceptors (Lipinski definition) is 2. The fourth-order valence-electron chi connectivity index (χ4n) is 1.88. The summed E-state index contributed by atoms with van der Waals surface area (Å²) in [6.45, 7) is 3.57. The van der Waals surface area contributed by atoms with Crippen molar-refractivity contribution in [2.45, 2.75) is 26.7 Å². The van der Waals surface area contributed by atoms with Crippen molar-refractivity contribution in [1.82, 2.24) is 5.32 Å². The fourth-order valence-corrected chi connectivity index (χ4v) is 1.88. The Hall–Kier alpha value is -1.91. The highest BCUT2D eigenvalue weighted by Gasteiger charge is 2.14. The van der Waals surface area contributed by atoms with Crippen molar-refractivity contribution in [2.24, 2.45) is 11.8 Å². The van der Waals surface area contributed by atoms with Crippen LogP contribution in [0.25, 0.3) is 0 Å². The normalized spacial score (nSPS) is 13.6. The van der Waals surface area contributed by atoms with Crippen molar-refractivity contribution >= 4 is 11.9 Å². The summed E-state index contributed by atoms with van der Waals surface area (Å²) in [5.74, 6) is -1.93. The second-order valence-electron chi connectivity index (χ2n) is 5.19. The number of hydrogen-bond donors (Lipinski definition) is 2. The monoisotopic (exact) mass is 281 g/mol. The number of carbonyl (C=O) groups is 2. The summed E-state index contributed by atoms with van der Waals surface area (Å²) in [6.07, 6.45) is 0.905. The SMILES string of the molecule is CC(CC(=O)NCC(C)C(=O)O)Cc1cccc(F)c1. The summed E-state index contributed by atoms with van der Waals surface area (Å²) in [6, 6.07) is 6.31. The van der Waals surface area contributed by atoms with Gasteiger partial charge in [-0.2, -0.15) is 0 Å². The molecule has 20 heavy (non-hydrogen) atoms.